The van der Waals surface area contributed by atoms with E-state index in [2.05, 4.69) is 15.6 Å². The molecule has 2 amide bonds. The number of esters is 1. The summed E-state index contributed by atoms with van der Waals surface area (Å²) in [5.74, 6) is -0.705. The molecule has 0 saturated carbocycles. The first-order chi connectivity index (χ1) is 16.9. The van der Waals surface area contributed by atoms with Crippen molar-refractivity contribution in [2.75, 3.05) is 19.7 Å². The first kappa shape index (κ1) is 30.5. The number of ether oxygens (including phenoxy) is 3. The number of carbonyl (C=O) groups excluding carboxylic acids is 3. The maximum Gasteiger partial charge on any atom is 0.408 e. The summed E-state index contributed by atoms with van der Waals surface area (Å²) < 4.78 is 18.2. The van der Waals surface area contributed by atoms with Crippen LogP contribution in [0.25, 0.3) is 0 Å². The van der Waals surface area contributed by atoms with E-state index in [4.69, 9.17) is 14.2 Å². The average Bonchev–Trinajstić information content (AvgIpc) is 3.21. The van der Waals surface area contributed by atoms with E-state index in [9.17, 15) is 14.4 Å². The van der Waals surface area contributed by atoms with Gasteiger partial charge in [0.05, 0.1) is 24.8 Å². The van der Waals surface area contributed by atoms with Crippen LogP contribution >= 0.6 is 0 Å². The van der Waals surface area contributed by atoms with Gasteiger partial charge in [0, 0.05) is 13.1 Å². The minimum atomic E-state index is -0.917. The van der Waals surface area contributed by atoms with E-state index in [0.29, 0.717) is 18.8 Å². The number of aromatic nitrogens is 3. The Labute approximate surface area is 220 Å². The zero-order chi connectivity index (χ0) is 28.0. The summed E-state index contributed by atoms with van der Waals surface area (Å²) in [7, 11) is 0. The predicted octanol–water partition coefficient (Wildman–Crippen LogP) is 3.94. The fraction of sp³-hybridized carbons (Fsp3) is 0.808. The Hall–Kier alpha value is -2.69. The quantitative estimate of drug-likeness (QED) is 0.508. The summed E-state index contributed by atoms with van der Waals surface area (Å²) in [5, 5.41) is 11.2. The van der Waals surface area contributed by atoms with Gasteiger partial charge >= 0.3 is 12.1 Å². The lowest BCUT2D eigenvalue weighted by molar-refractivity contribution is -0.158. The molecule has 0 aromatic carbocycles. The van der Waals surface area contributed by atoms with Gasteiger partial charge in [-0.05, 0) is 81.6 Å². The molecule has 11 nitrogen and oxygen atoms in total. The van der Waals surface area contributed by atoms with Crippen molar-refractivity contribution in [2.45, 2.75) is 117 Å². The number of hydrogen-bond acceptors (Lipinski definition) is 8. The van der Waals surface area contributed by atoms with Crippen LogP contribution < -0.4 is 5.32 Å². The molecule has 0 unspecified atom stereocenters. The van der Waals surface area contributed by atoms with Gasteiger partial charge in [0.25, 0.3) is 0 Å². The lowest BCUT2D eigenvalue weighted by Gasteiger charge is -2.30. The number of likely N-dealkylation sites (tertiary alicyclic amines) is 1. The Kier molecular flexibility index (Phi) is 10.1. The largest absolute Gasteiger partial charge is 0.460 e. The molecule has 1 aromatic rings. The molecule has 1 N–H and O–H groups in total. The van der Waals surface area contributed by atoms with Gasteiger partial charge < -0.3 is 24.4 Å². The second-order valence-electron chi connectivity index (χ2n) is 12.4. The molecule has 2 heterocycles. The van der Waals surface area contributed by atoms with Crippen molar-refractivity contribution in [1.82, 2.24) is 25.2 Å². The third kappa shape index (κ3) is 11.1. The Bertz CT molecular complexity index is 919. The molecule has 1 aliphatic heterocycles. The Morgan fingerprint density at radius 3 is 2.05 bits per heavy atom. The predicted molar refractivity (Wildman–Crippen MR) is 138 cm³/mol. The van der Waals surface area contributed by atoms with Gasteiger partial charge in [-0.1, -0.05) is 5.21 Å². The van der Waals surface area contributed by atoms with Gasteiger partial charge in [0.2, 0.25) is 5.91 Å². The highest BCUT2D eigenvalue weighted by atomic mass is 16.6. The van der Waals surface area contributed by atoms with Gasteiger partial charge in [-0.25, -0.2) is 9.48 Å². The van der Waals surface area contributed by atoms with Gasteiger partial charge in [-0.15, -0.1) is 5.10 Å². The smallest absolute Gasteiger partial charge is 0.408 e. The van der Waals surface area contributed by atoms with Gasteiger partial charge in [0.15, 0.2) is 0 Å². The highest BCUT2D eigenvalue weighted by Gasteiger charge is 2.33. The molecule has 2 atom stereocenters. The van der Waals surface area contributed by atoms with Crippen LogP contribution in [0.1, 0.15) is 106 Å². The van der Waals surface area contributed by atoms with Crippen molar-refractivity contribution >= 4 is 18.0 Å². The summed E-state index contributed by atoms with van der Waals surface area (Å²) in [4.78, 5) is 40.5. The van der Waals surface area contributed by atoms with E-state index >= 15 is 0 Å². The first-order valence-electron chi connectivity index (χ1n) is 13.0. The van der Waals surface area contributed by atoms with Crippen LogP contribution in [0.3, 0.4) is 0 Å². The van der Waals surface area contributed by atoms with Crippen LogP contribution in [-0.4, -0.2) is 74.4 Å². The summed E-state index contributed by atoms with van der Waals surface area (Å²) >= 11 is 0. The lowest BCUT2D eigenvalue weighted by Crippen LogP contribution is -2.42. The van der Waals surface area contributed by atoms with Crippen molar-refractivity contribution in [2.24, 2.45) is 0 Å². The number of amides is 2. The highest BCUT2D eigenvalue weighted by molar-refractivity contribution is 5.85. The van der Waals surface area contributed by atoms with Crippen LogP contribution in [-0.2, 0) is 23.8 Å². The van der Waals surface area contributed by atoms with Crippen LogP contribution in [0, 0.1) is 0 Å². The zero-order valence-electron chi connectivity index (χ0n) is 23.9. The normalized spacial score (nSPS) is 16.6. The van der Waals surface area contributed by atoms with Crippen LogP contribution in [0.2, 0.25) is 0 Å². The summed E-state index contributed by atoms with van der Waals surface area (Å²) in [6.45, 7) is 17.8. The molecule has 2 rings (SSSR count). The van der Waals surface area contributed by atoms with Crippen LogP contribution in [0.5, 0.6) is 0 Å². The molecular formula is C26H45N5O6. The number of nitrogens with one attached hydrogen (secondary N) is 1. The van der Waals surface area contributed by atoms with Gasteiger partial charge in [-0.3, -0.25) is 9.59 Å². The minimum absolute atomic E-state index is 0.109. The molecular weight excluding hydrogens is 478 g/mol. The summed E-state index contributed by atoms with van der Waals surface area (Å²) in [6.07, 6.45) is 3.67. The van der Waals surface area contributed by atoms with E-state index in [1.54, 1.807) is 52.6 Å². The molecule has 1 aromatic heterocycles. The maximum absolute atomic E-state index is 13.5. The second-order valence-corrected chi connectivity index (χ2v) is 12.4. The minimum Gasteiger partial charge on any atom is -0.460 e. The van der Waals surface area contributed by atoms with E-state index in [1.807, 2.05) is 20.8 Å². The molecule has 37 heavy (non-hydrogen) atoms. The molecule has 0 radical (unpaired) electrons. The number of piperidine rings is 1. The zero-order valence-corrected chi connectivity index (χ0v) is 23.9. The Balaban J connectivity index is 2.32. The van der Waals surface area contributed by atoms with Crippen LogP contribution in [0.4, 0.5) is 4.79 Å². The molecule has 0 spiro atoms. The van der Waals surface area contributed by atoms with Crippen molar-refractivity contribution in [1.29, 1.82) is 0 Å². The van der Waals surface area contributed by atoms with E-state index in [0.717, 1.165) is 19.3 Å². The number of hydrogen-bond donors (Lipinski definition) is 1. The molecule has 1 saturated heterocycles. The molecule has 0 aliphatic carbocycles. The summed E-state index contributed by atoms with van der Waals surface area (Å²) in [6, 6.07) is -1.60. The second kappa shape index (κ2) is 12.2. The number of nitrogens with zero attached hydrogens (tertiary/aromatic N) is 4. The van der Waals surface area contributed by atoms with E-state index in [-0.39, 0.29) is 18.9 Å². The van der Waals surface area contributed by atoms with Crippen molar-refractivity contribution < 1.29 is 28.6 Å². The van der Waals surface area contributed by atoms with Gasteiger partial charge in [0.1, 0.15) is 29.0 Å². The number of rotatable bonds is 8. The Morgan fingerprint density at radius 2 is 1.51 bits per heavy atom. The fourth-order valence-electron chi connectivity index (χ4n) is 3.75. The molecule has 11 heteroatoms. The number of carbonyl (C=O) groups is 3. The van der Waals surface area contributed by atoms with Crippen molar-refractivity contribution in [3.05, 3.63) is 11.9 Å². The molecule has 0 bridgehead atoms. The maximum atomic E-state index is 13.5. The SMILES string of the molecule is CC(C)(C)OC[C@H](NC(=O)OC(C)(C)C)c1cn([C@@H](CC(=O)OC(C)(C)C)C(=O)N2CCCCC2)nn1. The molecule has 1 aliphatic rings. The van der Waals surface area contributed by atoms with Crippen molar-refractivity contribution in [3.8, 4) is 0 Å². The average molecular weight is 524 g/mol. The van der Waals surface area contributed by atoms with Gasteiger partial charge in [-0.2, -0.15) is 0 Å². The summed E-state index contributed by atoms with van der Waals surface area (Å²) in [5.41, 5.74) is -1.45. The Morgan fingerprint density at radius 1 is 0.919 bits per heavy atom. The third-order valence-corrected chi connectivity index (χ3v) is 5.31. The van der Waals surface area contributed by atoms with Crippen molar-refractivity contribution in [3.63, 3.8) is 0 Å². The van der Waals surface area contributed by atoms with E-state index in [1.165, 1.54) is 4.68 Å². The monoisotopic (exact) mass is 523 g/mol. The number of alkyl carbamates (subject to hydrolysis) is 1. The first-order valence-corrected chi connectivity index (χ1v) is 13.0. The molecule has 210 valence electrons. The van der Waals surface area contributed by atoms with E-state index < -0.39 is 40.9 Å². The topological polar surface area (TPSA) is 125 Å². The third-order valence-electron chi connectivity index (χ3n) is 5.31. The fourth-order valence-corrected chi connectivity index (χ4v) is 3.75. The highest BCUT2D eigenvalue weighted by Crippen LogP contribution is 2.23. The standard InChI is InChI=1S/C26H45N5O6/c1-24(2,3)35-17-19(27-23(34)37-26(7,8)9)18-16-31(29-28-18)20(15-21(32)36-25(4,5)6)22(33)30-13-11-10-12-14-30/h16,19-20H,10-15,17H2,1-9H3,(H,27,34)/t19-,20-/m0/s1. The lowest BCUT2D eigenvalue weighted by atomic mass is 10.1. The molecule has 1 fully saturated rings. The van der Waals surface area contributed by atoms with Crippen LogP contribution in [0.15, 0.2) is 6.20 Å².